The Morgan fingerprint density at radius 3 is 2.86 bits per heavy atom. The maximum absolute atomic E-state index is 12.8. The second-order valence-electron chi connectivity index (χ2n) is 6.25. The SMILES string of the molecule is CCCNCC1CCCN(S(=O)(=O)N2CCC=C(C)C2)C1. The summed E-state index contributed by atoms with van der Waals surface area (Å²) in [4.78, 5) is 0. The molecule has 1 saturated heterocycles. The van der Waals surface area contributed by atoms with E-state index in [9.17, 15) is 8.42 Å². The van der Waals surface area contributed by atoms with Gasteiger partial charge in [0.15, 0.2) is 0 Å². The van der Waals surface area contributed by atoms with Crippen LogP contribution in [0, 0.1) is 5.92 Å². The van der Waals surface area contributed by atoms with Crippen molar-refractivity contribution in [2.45, 2.75) is 39.5 Å². The van der Waals surface area contributed by atoms with E-state index in [4.69, 9.17) is 0 Å². The number of piperidine rings is 1. The fourth-order valence-corrected chi connectivity index (χ4v) is 4.91. The first kappa shape index (κ1) is 16.9. The van der Waals surface area contributed by atoms with Crippen LogP contribution in [0.3, 0.4) is 0 Å². The molecule has 2 rings (SSSR count). The Morgan fingerprint density at radius 2 is 2.14 bits per heavy atom. The highest BCUT2D eigenvalue weighted by Crippen LogP contribution is 2.23. The molecule has 0 aliphatic carbocycles. The van der Waals surface area contributed by atoms with E-state index >= 15 is 0 Å². The second-order valence-corrected chi connectivity index (χ2v) is 8.18. The Labute approximate surface area is 129 Å². The Bertz CT molecular complexity index is 462. The summed E-state index contributed by atoms with van der Waals surface area (Å²) in [6.45, 7) is 8.61. The number of rotatable bonds is 6. The minimum absolute atomic E-state index is 0.446. The van der Waals surface area contributed by atoms with E-state index in [-0.39, 0.29) is 0 Å². The third-order valence-electron chi connectivity index (χ3n) is 4.29. The Balaban J connectivity index is 1.94. The van der Waals surface area contributed by atoms with Gasteiger partial charge in [0, 0.05) is 26.2 Å². The van der Waals surface area contributed by atoms with Crippen LogP contribution in [0.5, 0.6) is 0 Å². The molecular weight excluding hydrogens is 286 g/mol. The molecule has 1 fully saturated rings. The minimum atomic E-state index is -3.28. The predicted molar refractivity (Wildman–Crippen MR) is 86.3 cm³/mol. The van der Waals surface area contributed by atoms with E-state index in [2.05, 4.69) is 18.3 Å². The van der Waals surface area contributed by atoms with Crippen molar-refractivity contribution >= 4 is 10.2 Å². The molecule has 2 aliphatic heterocycles. The number of nitrogens with zero attached hydrogens (tertiary/aromatic N) is 2. The van der Waals surface area contributed by atoms with Gasteiger partial charge in [0.25, 0.3) is 10.2 Å². The van der Waals surface area contributed by atoms with Gasteiger partial charge in [-0.15, -0.1) is 0 Å². The van der Waals surface area contributed by atoms with Crippen LogP contribution in [0.25, 0.3) is 0 Å². The van der Waals surface area contributed by atoms with E-state index in [1.807, 2.05) is 6.92 Å². The van der Waals surface area contributed by atoms with Gasteiger partial charge >= 0.3 is 0 Å². The molecular formula is C15H29N3O2S. The number of nitrogens with one attached hydrogen (secondary N) is 1. The maximum atomic E-state index is 12.8. The van der Waals surface area contributed by atoms with E-state index in [1.165, 1.54) is 0 Å². The largest absolute Gasteiger partial charge is 0.316 e. The monoisotopic (exact) mass is 315 g/mol. The maximum Gasteiger partial charge on any atom is 0.282 e. The highest BCUT2D eigenvalue weighted by Gasteiger charge is 2.33. The highest BCUT2D eigenvalue weighted by molar-refractivity contribution is 7.86. The molecule has 122 valence electrons. The first-order chi connectivity index (χ1) is 10.0. The fourth-order valence-electron chi connectivity index (χ4n) is 3.12. The zero-order valence-corrected chi connectivity index (χ0v) is 14.2. The molecule has 1 unspecified atom stereocenters. The Hall–Kier alpha value is -0.430. The molecule has 21 heavy (non-hydrogen) atoms. The van der Waals surface area contributed by atoms with Gasteiger partial charge in [-0.25, -0.2) is 0 Å². The highest BCUT2D eigenvalue weighted by atomic mass is 32.2. The van der Waals surface area contributed by atoms with Crippen LogP contribution in [-0.2, 0) is 10.2 Å². The molecule has 6 heteroatoms. The number of hydrogen-bond acceptors (Lipinski definition) is 3. The number of hydrogen-bond donors (Lipinski definition) is 1. The lowest BCUT2D eigenvalue weighted by atomic mass is 10.00. The van der Waals surface area contributed by atoms with Crippen LogP contribution in [0.1, 0.15) is 39.5 Å². The lowest BCUT2D eigenvalue weighted by Crippen LogP contribution is -2.50. The molecule has 5 nitrogen and oxygen atoms in total. The van der Waals surface area contributed by atoms with Crippen molar-refractivity contribution in [3.8, 4) is 0 Å². The van der Waals surface area contributed by atoms with Crippen LogP contribution < -0.4 is 5.32 Å². The Morgan fingerprint density at radius 1 is 1.33 bits per heavy atom. The molecule has 0 spiro atoms. The van der Waals surface area contributed by atoms with Crippen LogP contribution in [-0.4, -0.2) is 56.3 Å². The average Bonchev–Trinajstić information content (AvgIpc) is 2.48. The summed E-state index contributed by atoms with van der Waals surface area (Å²) >= 11 is 0. The van der Waals surface area contributed by atoms with Gasteiger partial charge in [-0.2, -0.15) is 17.0 Å². The molecule has 0 saturated carbocycles. The van der Waals surface area contributed by atoms with E-state index in [0.717, 1.165) is 44.3 Å². The zero-order chi connectivity index (χ0) is 15.3. The minimum Gasteiger partial charge on any atom is -0.316 e. The smallest absolute Gasteiger partial charge is 0.282 e. The van der Waals surface area contributed by atoms with E-state index in [1.54, 1.807) is 8.61 Å². The summed E-state index contributed by atoms with van der Waals surface area (Å²) in [5.41, 5.74) is 1.16. The summed E-state index contributed by atoms with van der Waals surface area (Å²) in [5.74, 6) is 0.446. The van der Waals surface area contributed by atoms with Gasteiger partial charge in [-0.1, -0.05) is 18.6 Å². The van der Waals surface area contributed by atoms with Crippen molar-refractivity contribution in [2.24, 2.45) is 5.92 Å². The van der Waals surface area contributed by atoms with Crippen molar-refractivity contribution in [1.82, 2.24) is 13.9 Å². The van der Waals surface area contributed by atoms with Gasteiger partial charge < -0.3 is 5.32 Å². The zero-order valence-electron chi connectivity index (χ0n) is 13.3. The quantitative estimate of drug-likeness (QED) is 0.598. The summed E-state index contributed by atoms with van der Waals surface area (Å²) in [6, 6.07) is 0. The molecule has 0 bridgehead atoms. The average molecular weight is 315 g/mol. The van der Waals surface area contributed by atoms with Crippen molar-refractivity contribution in [3.63, 3.8) is 0 Å². The standard InChI is InChI=1S/C15H29N3O2S/c1-3-8-16-11-15-7-5-10-18(13-15)21(19,20)17-9-4-6-14(2)12-17/h6,15-16H,3-5,7-13H2,1-2H3. The van der Waals surface area contributed by atoms with Gasteiger partial charge in [0.1, 0.15) is 0 Å². The molecule has 2 aliphatic rings. The molecule has 0 amide bonds. The van der Waals surface area contributed by atoms with Crippen LogP contribution in [0.15, 0.2) is 11.6 Å². The van der Waals surface area contributed by atoms with Crippen LogP contribution >= 0.6 is 0 Å². The predicted octanol–water partition coefficient (Wildman–Crippen LogP) is 1.59. The van der Waals surface area contributed by atoms with Crippen molar-refractivity contribution < 1.29 is 8.42 Å². The first-order valence-corrected chi connectivity index (χ1v) is 9.55. The van der Waals surface area contributed by atoms with Gasteiger partial charge in [-0.3, -0.25) is 0 Å². The lowest BCUT2D eigenvalue weighted by molar-refractivity contribution is 0.243. The third kappa shape index (κ3) is 4.52. The van der Waals surface area contributed by atoms with E-state index < -0.39 is 10.2 Å². The summed E-state index contributed by atoms with van der Waals surface area (Å²) < 4.78 is 28.9. The van der Waals surface area contributed by atoms with Crippen molar-refractivity contribution in [2.75, 3.05) is 39.3 Å². The molecule has 1 atom stereocenters. The molecule has 1 N–H and O–H groups in total. The molecule has 2 heterocycles. The molecule has 0 aromatic carbocycles. The van der Waals surface area contributed by atoms with Gasteiger partial charge in [-0.05, 0) is 51.6 Å². The summed E-state index contributed by atoms with van der Waals surface area (Å²) in [5, 5.41) is 3.42. The fraction of sp³-hybridized carbons (Fsp3) is 0.867. The van der Waals surface area contributed by atoms with Gasteiger partial charge in [0.2, 0.25) is 0 Å². The summed E-state index contributed by atoms with van der Waals surface area (Å²) in [6.07, 6.45) is 6.19. The van der Waals surface area contributed by atoms with Crippen LogP contribution in [0.4, 0.5) is 0 Å². The van der Waals surface area contributed by atoms with Crippen LogP contribution in [0.2, 0.25) is 0 Å². The lowest BCUT2D eigenvalue weighted by Gasteiger charge is -2.36. The first-order valence-electron chi connectivity index (χ1n) is 8.15. The molecule has 0 aromatic rings. The Kier molecular flexibility index (Phi) is 6.22. The van der Waals surface area contributed by atoms with Gasteiger partial charge in [0.05, 0.1) is 0 Å². The molecule has 0 radical (unpaired) electrons. The summed E-state index contributed by atoms with van der Waals surface area (Å²) in [7, 11) is -3.28. The van der Waals surface area contributed by atoms with Crippen molar-refractivity contribution in [1.29, 1.82) is 0 Å². The van der Waals surface area contributed by atoms with E-state index in [0.29, 0.717) is 32.1 Å². The normalized spacial score (nSPS) is 25.8. The van der Waals surface area contributed by atoms with Crippen molar-refractivity contribution in [3.05, 3.63) is 11.6 Å². The topological polar surface area (TPSA) is 52.7 Å². The molecule has 0 aromatic heterocycles. The second kappa shape index (κ2) is 7.72. The third-order valence-corrected chi connectivity index (χ3v) is 6.24.